The fraction of sp³-hybridized carbons (Fsp3) is 0.833. The lowest BCUT2D eigenvalue weighted by molar-refractivity contribution is -0.200. The highest BCUT2D eigenvalue weighted by molar-refractivity contribution is 5.88. The van der Waals surface area contributed by atoms with Crippen LogP contribution in [-0.2, 0) is 9.53 Å². The Morgan fingerprint density at radius 2 is 1.80 bits per heavy atom. The molecule has 1 aliphatic heterocycles. The van der Waals surface area contributed by atoms with Crippen LogP contribution in [0.4, 0.5) is 0 Å². The fourth-order valence-electron chi connectivity index (χ4n) is 9.95. The summed E-state index contributed by atoms with van der Waals surface area (Å²) in [4.78, 5) is 14.3. The van der Waals surface area contributed by atoms with Crippen molar-refractivity contribution in [2.45, 2.75) is 111 Å². The van der Waals surface area contributed by atoms with Crippen molar-refractivity contribution in [3.05, 3.63) is 23.3 Å². The van der Waals surface area contributed by atoms with Gasteiger partial charge in [-0.2, -0.15) is 0 Å². The molecular formula is C30H46O5. The fourth-order valence-corrected chi connectivity index (χ4v) is 9.95. The molecule has 196 valence electrons. The van der Waals surface area contributed by atoms with Gasteiger partial charge in [-0.3, -0.25) is 4.79 Å². The second kappa shape index (κ2) is 7.75. The summed E-state index contributed by atoms with van der Waals surface area (Å²) in [6, 6.07) is 0. The van der Waals surface area contributed by atoms with Crippen LogP contribution in [0.2, 0.25) is 0 Å². The van der Waals surface area contributed by atoms with Crippen molar-refractivity contribution >= 4 is 5.78 Å². The minimum atomic E-state index is -0.951. The van der Waals surface area contributed by atoms with E-state index in [0.717, 1.165) is 31.3 Å². The number of hydrogen-bond donors (Lipinski definition) is 3. The molecule has 10 atom stereocenters. The van der Waals surface area contributed by atoms with Gasteiger partial charge in [-0.1, -0.05) is 52.3 Å². The molecule has 0 radical (unpaired) electrons. The standard InChI is InChI=1S/C30H46O5/c1-17(16-31)12-18-13-29(6,34)25-21(35-18)14-27(4)22-10-8-19-20(9-11-23(32)26(19,2)3)30(22,7)24(33)15-28(25,27)5/h8,12,18,20-23,25,31-32,34H,9-11,13-16H2,1-7H3/b17-12+/t18-,20+,21-,22-,23-,25+,27-,28+,29-,30-/m0/s1. The summed E-state index contributed by atoms with van der Waals surface area (Å²) >= 11 is 0. The van der Waals surface area contributed by atoms with Gasteiger partial charge in [0.2, 0.25) is 0 Å². The molecule has 3 saturated carbocycles. The molecule has 0 aromatic carbocycles. The quantitative estimate of drug-likeness (QED) is 0.497. The third kappa shape index (κ3) is 3.23. The van der Waals surface area contributed by atoms with Crippen LogP contribution in [0, 0.1) is 39.4 Å². The molecule has 0 aromatic heterocycles. The third-order valence-electron chi connectivity index (χ3n) is 11.9. The van der Waals surface area contributed by atoms with Crippen molar-refractivity contribution in [3.8, 4) is 0 Å². The molecule has 35 heavy (non-hydrogen) atoms. The van der Waals surface area contributed by atoms with Gasteiger partial charge in [0.05, 0.1) is 30.5 Å². The number of aliphatic hydroxyl groups excluding tert-OH is 2. The first kappa shape index (κ1) is 25.6. The smallest absolute Gasteiger partial charge is 0.140 e. The molecule has 0 bridgehead atoms. The zero-order valence-electron chi connectivity index (χ0n) is 22.7. The highest BCUT2D eigenvalue weighted by Gasteiger charge is 2.74. The Kier molecular flexibility index (Phi) is 5.68. The molecular weight excluding hydrogens is 440 g/mol. The summed E-state index contributed by atoms with van der Waals surface area (Å²) in [5, 5.41) is 32.1. The summed E-state index contributed by atoms with van der Waals surface area (Å²) in [7, 11) is 0. The summed E-state index contributed by atoms with van der Waals surface area (Å²) in [6.07, 6.45) is 7.82. The molecule has 5 rings (SSSR count). The third-order valence-corrected chi connectivity index (χ3v) is 11.9. The molecule has 4 aliphatic carbocycles. The van der Waals surface area contributed by atoms with Gasteiger partial charge in [-0.05, 0) is 67.8 Å². The topological polar surface area (TPSA) is 87.0 Å². The largest absolute Gasteiger partial charge is 0.392 e. The molecule has 4 fully saturated rings. The van der Waals surface area contributed by atoms with Crippen molar-refractivity contribution in [2.75, 3.05) is 6.61 Å². The number of carbonyl (C=O) groups excluding carboxylic acids is 1. The maximum Gasteiger partial charge on any atom is 0.140 e. The normalized spacial score (nSPS) is 53.3. The predicted octanol–water partition coefficient (Wildman–Crippen LogP) is 4.59. The van der Waals surface area contributed by atoms with Crippen LogP contribution in [0.1, 0.15) is 87.0 Å². The molecule has 3 N–H and O–H groups in total. The summed E-state index contributed by atoms with van der Waals surface area (Å²) in [6.45, 7) is 14.9. The lowest BCUT2D eigenvalue weighted by atomic mass is 9.38. The van der Waals surface area contributed by atoms with E-state index < -0.39 is 11.0 Å². The second-order valence-electron chi connectivity index (χ2n) is 14.2. The SMILES string of the molecule is C/C(=C\[C@H]1C[C@](C)(O)[C@@H]2[C@H](C[C@@]3(C)[C@@H]4CC=C5[C@@H](CC[C@H](O)C5(C)C)[C@]4(C)C(=O)C[C@]23C)O1)CO. The second-order valence-corrected chi connectivity index (χ2v) is 14.2. The van der Waals surface area contributed by atoms with Crippen LogP contribution in [0.15, 0.2) is 23.3 Å². The van der Waals surface area contributed by atoms with E-state index in [0.29, 0.717) is 18.6 Å². The maximum atomic E-state index is 14.3. The Balaban J connectivity index is 1.57. The van der Waals surface area contributed by atoms with Gasteiger partial charge in [-0.15, -0.1) is 0 Å². The molecule has 0 unspecified atom stereocenters. The molecule has 0 aromatic rings. The van der Waals surface area contributed by atoms with E-state index in [9.17, 15) is 20.1 Å². The van der Waals surface area contributed by atoms with Gasteiger partial charge < -0.3 is 20.1 Å². The summed E-state index contributed by atoms with van der Waals surface area (Å²) in [5.41, 5.74) is -0.0837. The molecule has 5 heteroatoms. The van der Waals surface area contributed by atoms with Crippen molar-refractivity contribution in [2.24, 2.45) is 39.4 Å². The molecule has 0 amide bonds. The number of carbonyl (C=O) groups is 1. The summed E-state index contributed by atoms with van der Waals surface area (Å²) in [5.74, 6) is 0.571. The van der Waals surface area contributed by atoms with Crippen LogP contribution < -0.4 is 0 Å². The Morgan fingerprint density at radius 1 is 1.11 bits per heavy atom. The average Bonchev–Trinajstić information content (AvgIpc) is 2.97. The monoisotopic (exact) mass is 486 g/mol. The van der Waals surface area contributed by atoms with Gasteiger partial charge in [0.15, 0.2) is 0 Å². The highest BCUT2D eigenvalue weighted by atomic mass is 16.5. The first-order valence-electron chi connectivity index (χ1n) is 13.7. The van der Waals surface area contributed by atoms with Gasteiger partial charge in [0.25, 0.3) is 0 Å². The number of allylic oxidation sites excluding steroid dienone is 1. The number of ketones is 1. The minimum absolute atomic E-state index is 0.0123. The van der Waals surface area contributed by atoms with Crippen LogP contribution in [0.25, 0.3) is 0 Å². The van der Waals surface area contributed by atoms with Crippen LogP contribution >= 0.6 is 0 Å². The Morgan fingerprint density at radius 3 is 2.46 bits per heavy atom. The van der Waals surface area contributed by atoms with E-state index in [4.69, 9.17) is 4.74 Å². The van der Waals surface area contributed by atoms with E-state index >= 15 is 0 Å². The highest BCUT2D eigenvalue weighted by Crippen LogP contribution is 2.75. The molecule has 5 nitrogen and oxygen atoms in total. The van der Waals surface area contributed by atoms with Crippen LogP contribution in [-0.4, -0.2) is 51.6 Å². The maximum absolute atomic E-state index is 14.3. The van der Waals surface area contributed by atoms with Crippen molar-refractivity contribution in [1.82, 2.24) is 0 Å². The molecule has 0 spiro atoms. The Hall–Kier alpha value is -1.01. The lowest BCUT2D eigenvalue weighted by Crippen LogP contribution is -2.64. The first-order chi connectivity index (χ1) is 16.1. The van der Waals surface area contributed by atoms with Crippen LogP contribution in [0.3, 0.4) is 0 Å². The van der Waals surface area contributed by atoms with E-state index in [1.165, 1.54) is 5.57 Å². The number of rotatable bonds is 2. The number of Topliss-reactive ketones (excluding diaryl/α,β-unsaturated/α-hetero) is 1. The van der Waals surface area contributed by atoms with E-state index in [1.54, 1.807) is 0 Å². The van der Waals surface area contributed by atoms with E-state index in [2.05, 4.69) is 40.7 Å². The number of ether oxygens (including phenoxy) is 1. The molecule has 1 saturated heterocycles. The molecule has 1 heterocycles. The van der Waals surface area contributed by atoms with Crippen LogP contribution in [0.5, 0.6) is 0 Å². The molecule has 5 aliphatic rings. The van der Waals surface area contributed by atoms with Gasteiger partial charge in [0.1, 0.15) is 5.78 Å². The number of fused-ring (bicyclic) bond motifs is 7. The predicted molar refractivity (Wildman–Crippen MR) is 135 cm³/mol. The van der Waals surface area contributed by atoms with E-state index in [1.807, 2.05) is 19.9 Å². The Labute approximate surface area is 211 Å². The zero-order valence-corrected chi connectivity index (χ0v) is 22.7. The van der Waals surface area contributed by atoms with Crippen molar-refractivity contribution in [1.29, 1.82) is 0 Å². The lowest BCUT2D eigenvalue weighted by Gasteiger charge is -2.65. The number of hydrogen-bond acceptors (Lipinski definition) is 5. The average molecular weight is 487 g/mol. The van der Waals surface area contributed by atoms with Crippen molar-refractivity contribution in [3.63, 3.8) is 0 Å². The van der Waals surface area contributed by atoms with Gasteiger partial charge in [0, 0.05) is 29.6 Å². The van der Waals surface area contributed by atoms with Gasteiger partial charge in [-0.25, -0.2) is 0 Å². The zero-order chi connectivity index (χ0) is 25.8. The number of aliphatic hydroxyl groups is 3. The van der Waals surface area contributed by atoms with Gasteiger partial charge >= 0.3 is 0 Å². The van der Waals surface area contributed by atoms with E-state index in [-0.39, 0.29) is 58.9 Å². The first-order valence-corrected chi connectivity index (χ1v) is 13.7. The summed E-state index contributed by atoms with van der Waals surface area (Å²) < 4.78 is 6.64. The van der Waals surface area contributed by atoms with Crippen molar-refractivity contribution < 1.29 is 24.9 Å². The minimum Gasteiger partial charge on any atom is -0.392 e. The Bertz CT molecular complexity index is 977.